The lowest BCUT2D eigenvalue weighted by Gasteiger charge is -2.25. The minimum atomic E-state index is -0.949. The van der Waals surface area contributed by atoms with Crippen LogP contribution in [0.15, 0.2) is 50.8 Å². The van der Waals surface area contributed by atoms with Gasteiger partial charge in [-0.15, -0.1) is 0 Å². The summed E-state index contributed by atoms with van der Waals surface area (Å²) in [4.78, 5) is 84.3. The first kappa shape index (κ1) is 55.3. The summed E-state index contributed by atoms with van der Waals surface area (Å²) in [7, 11) is 0. The molecule has 0 radical (unpaired) electrons. The fourth-order valence-corrected chi connectivity index (χ4v) is 10.5. The van der Waals surface area contributed by atoms with Gasteiger partial charge in [0.25, 0.3) is 0 Å². The molecule has 6 N–H and O–H groups in total. The van der Waals surface area contributed by atoms with Crippen LogP contribution >= 0.6 is 34.0 Å². The molecule has 0 aromatic carbocycles. The minimum absolute atomic E-state index is 0.0960. The number of nitrogens with zero attached hydrogens (tertiary/aromatic N) is 6. The summed E-state index contributed by atoms with van der Waals surface area (Å²) >= 11 is 3.30. The highest BCUT2D eigenvalue weighted by molar-refractivity contribution is 7.17. The van der Waals surface area contributed by atoms with Gasteiger partial charge in [0.05, 0.1) is 49.4 Å². The van der Waals surface area contributed by atoms with Gasteiger partial charge in [0.1, 0.15) is 49.9 Å². The van der Waals surface area contributed by atoms with Crippen molar-refractivity contribution < 1.29 is 57.3 Å². The highest BCUT2D eigenvalue weighted by Crippen LogP contribution is 2.38. The van der Waals surface area contributed by atoms with Crippen molar-refractivity contribution in [2.45, 2.75) is 98.8 Å². The van der Waals surface area contributed by atoms with E-state index < -0.39 is 29.2 Å². The zero-order valence-corrected chi connectivity index (χ0v) is 43.2. The summed E-state index contributed by atoms with van der Waals surface area (Å²) < 4.78 is 15.4. The highest BCUT2D eigenvalue weighted by Gasteiger charge is 2.33. The number of nitriles is 3. The number of aliphatic carboxylic acids is 3. The lowest BCUT2D eigenvalue weighted by atomic mass is 9.81. The number of carbonyl (C=O) groups is 6. The van der Waals surface area contributed by atoms with Gasteiger partial charge in [-0.3, -0.25) is 28.8 Å². The molecule has 2 unspecified atom stereocenters. The molecule has 74 heavy (non-hydrogen) atoms. The zero-order valence-electron chi connectivity index (χ0n) is 40.8. The van der Waals surface area contributed by atoms with E-state index in [9.17, 15) is 44.6 Å². The summed E-state index contributed by atoms with van der Waals surface area (Å²) in [5, 5.41) is 64.0. The van der Waals surface area contributed by atoms with Crippen LogP contribution in [0.2, 0.25) is 0 Å². The second-order valence-corrected chi connectivity index (χ2v) is 21.3. The van der Waals surface area contributed by atoms with Crippen molar-refractivity contribution in [1.82, 2.24) is 15.0 Å². The van der Waals surface area contributed by atoms with Gasteiger partial charge in [0, 0.05) is 40.4 Å². The van der Waals surface area contributed by atoms with E-state index in [0.717, 1.165) is 68.2 Å². The van der Waals surface area contributed by atoms with Gasteiger partial charge in [-0.05, 0) is 88.8 Å². The Hall–Kier alpha value is -7.98. The van der Waals surface area contributed by atoms with E-state index >= 15 is 0 Å². The molecule has 0 bridgehead atoms. The summed E-state index contributed by atoms with van der Waals surface area (Å²) in [6.45, 7) is 8.90. The number of amides is 3. The number of aromatic nitrogens is 3. The maximum Gasteiger partial charge on any atom is 0.306 e. The van der Waals surface area contributed by atoms with Gasteiger partial charge in [-0.2, -0.15) is 15.8 Å². The molecule has 2 aliphatic carbocycles. The maximum atomic E-state index is 12.5. The molecule has 21 nitrogen and oxygen atoms in total. The number of anilines is 3. The van der Waals surface area contributed by atoms with Crippen LogP contribution in [0.5, 0.6) is 0 Å². The fraction of sp³-hybridized carbons (Fsp3) is 0.400. The van der Waals surface area contributed by atoms with Crippen LogP contribution in [0, 0.1) is 83.9 Å². The first-order chi connectivity index (χ1) is 35.2. The Kier molecular flexibility index (Phi) is 18.4. The van der Waals surface area contributed by atoms with Crippen molar-refractivity contribution >= 4 is 85.0 Å². The number of hydrogen-bond acceptors (Lipinski definition) is 18. The topological polar surface area (TPSA) is 349 Å². The van der Waals surface area contributed by atoms with Gasteiger partial charge in [0.2, 0.25) is 17.7 Å². The Balaban J connectivity index is 0.000000181. The van der Waals surface area contributed by atoms with Crippen LogP contribution < -0.4 is 16.0 Å². The second-order valence-electron chi connectivity index (χ2n) is 18.3. The molecule has 0 aliphatic heterocycles. The van der Waals surface area contributed by atoms with Gasteiger partial charge < -0.3 is 44.5 Å². The van der Waals surface area contributed by atoms with Crippen molar-refractivity contribution in [1.29, 1.82) is 15.8 Å². The molecule has 6 aromatic rings. The third-order valence-corrected chi connectivity index (χ3v) is 15.2. The Morgan fingerprint density at radius 2 is 0.959 bits per heavy atom. The molecule has 3 amide bonds. The molecule has 0 spiro atoms. The zero-order chi connectivity index (χ0) is 53.9. The maximum absolute atomic E-state index is 12.5. The molecule has 2 saturated carbocycles. The molecule has 8 rings (SSSR count). The molecule has 6 heterocycles. The van der Waals surface area contributed by atoms with Crippen LogP contribution in [-0.4, -0.2) is 65.9 Å². The first-order valence-corrected chi connectivity index (χ1v) is 25.6. The number of thiazole rings is 3. The predicted octanol–water partition coefficient (Wildman–Crippen LogP) is 10.2. The normalized spacial score (nSPS) is 17.1. The standard InChI is InChI=1S/2C17H17N3O4S.C16H17N3O4S/c1-9-7-24-8-12(9)14-13(6-18)25-17(19-14)20-15(21)10-2-4-11(5-3-10)16(22)23;1-9-7-24-8-12(9)14-13(6-18)25-17(19-14)20-15(21)10-3-2-4-11(5-10)16(22)23;1-9-7-23-8-10(9)13-11(6-17)24-15(18-13)19-14(22)16(2,3)5-4-12(20)21/h2*7-8,10-11H,2-5H2,1H3,(H,22,23)(H,19,20,21);7-8H,4-5H2,1-3H3,(H,20,21)(H,18,19,22). The van der Waals surface area contributed by atoms with Gasteiger partial charge >= 0.3 is 17.9 Å². The SMILES string of the molecule is Cc1cocc1-c1nc(NC(=O)C(C)(C)CCC(=O)O)sc1C#N.Cc1cocc1-c1nc(NC(=O)C2CCC(C(=O)O)CC2)sc1C#N.Cc1cocc1-c1nc(NC(=O)C2CCCC(C(=O)O)C2)sc1C#N. The average Bonchev–Trinajstić information content (AvgIpc) is 4.26. The number of aryl methyl sites for hydroxylation is 3. The smallest absolute Gasteiger partial charge is 0.306 e. The number of rotatable bonds is 14. The van der Waals surface area contributed by atoms with E-state index in [4.69, 9.17) is 28.6 Å². The molecule has 0 saturated heterocycles. The summed E-state index contributed by atoms with van der Waals surface area (Å²) in [6, 6.07) is 6.26. The summed E-state index contributed by atoms with van der Waals surface area (Å²) in [5.74, 6) is -4.73. The molecular formula is C50H51N9O12S3. The molecule has 6 aromatic heterocycles. The molecule has 24 heteroatoms. The van der Waals surface area contributed by atoms with Crippen LogP contribution in [0.25, 0.3) is 33.8 Å². The van der Waals surface area contributed by atoms with E-state index in [1.54, 1.807) is 32.6 Å². The third kappa shape index (κ3) is 13.7. The number of carboxylic acids is 3. The summed E-state index contributed by atoms with van der Waals surface area (Å²) in [5.41, 5.74) is 5.32. The number of carbonyl (C=O) groups excluding carboxylic acids is 3. The third-order valence-electron chi connectivity index (χ3n) is 12.6. The van der Waals surface area contributed by atoms with Crippen molar-refractivity contribution in [2.75, 3.05) is 16.0 Å². The highest BCUT2D eigenvalue weighted by atomic mass is 32.1. The van der Waals surface area contributed by atoms with Crippen LogP contribution in [0.3, 0.4) is 0 Å². The van der Waals surface area contributed by atoms with E-state index in [1.165, 1.54) is 18.8 Å². The Morgan fingerprint density at radius 3 is 1.32 bits per heavy atom. The van der Waals surface area contributed by atoms with Crippen molar-refractivity contribution in [2.24, 2.45) is 29.1 Å². The van der Waals surface area contributed by atoms with Gasteiger partial charge in [-0.1, -0.05) is 54.3 Å². The van der Waals surface area contributed by atoms with E-state index in [2.05, 4.69) is 49.1 Å². The number of nitrogens with one attached hydrogen (secondary N) is 3. The molecule has 2 fully saturated rings. The Labute approximate surface area is 435 Å². The number of furan rings is 3. The lowest BCUT2D eigenvalue weighted by molar-refractivity contribution is -0.144. The largest absolute Gasteiger partial charge is 0.481 e. The fourth-order valence-electron chi connectivity index (χ4n) is 8.17. The first-order valence-electron chi connectivity index (χ1n) is 23.2. The molecule has 2 atom stereocenters. The number of hydrogen-bond donors (Lipinski definition) is 6. The van der Waals surface area contributed by atoms with E-state index in [1.807, 2.05) is 20.8 Å². The van der Waals surface area contributed by atoms with E-state index in [0.29, 0.717) is 97.6 Å². The quantitative estimate of drug-likeness (QED) is 0.0590. The average molecular weight is 1070 g/mol. The van der Waals surface area contributed by atoms with Crippen molar-refractivity contribution in [3.05, 3.63) is 68.9 Å². The monoisotopic (exact) mass is 1070 g/mol. The Morgan fingerprint density at radius 1 is 0.581 bits per heavy atom. The minimum Gasteiger partial charge on any atom is -0.481 e. The van der Waals surface area contributed by atoms with Crippen molar-refractivity contribution in [3.63, 3.8) is 0 Å². The predicted molar refractivity (Wildman–Crippen MR) is 271 cm³/mol. The van der Waals surface area contributed by atoms with E-state index in [-0.39, 0.29) is 48.3 Å². The molecule has 2 aliphatic rings. The summed E-state index contributed by atoms with van der Waals surface area (Å²) in [6.07, 6.45) is 13.8. The molecule has 386 valence electrons. The molecular weight excluding hydrogens is 1010 g/mol. The Bertz CT molecular complexity index is 3160. The lowest BCUT2D eigenvalue weighted by Crippen LogP contribution is -2.31. The van der Waals surface area contributed by atoms with Crippen LogP contribution in [0.4, 0.5) is 15.4 Å². The number of carboxylic acid groups (broad SMARTS) is 3. The van der Waals surface area contributed by atoms with Crippen molar-refractivity contribution in [3.8, 4) is 52.0 Å². The van der Waals surface area contributed by atoms with Crippen LogP contribution in [0.1, 0.15) is 109 Å². The van der Waals surface area contributed by atoms with Gasteiger partial charge in [-0.25, -0.2) is 15.0 Å². The van der Waals surface area contributed by atoms with Gasteiger partial charge in [0.15, 0.2) is 15.4 Å². The van der Waals surface area contributed by atoms with Crippen LogP contribution in [-0.2, 0) is 28.8 Å². The second kappa shape index (κ2) is 24.6.